The first-order valence-electron chi connectivity index (χ1n) is 7.69. The molecule has 1 fully saturated rings. The first-order chi connectivity index (χ1) is 10.3. The number of ether oxygens (including phenoxy) is 3. The van der Waals surface area contributed by atoms with Gasteiger partial charge in [-0.05, 0) is 31.2 Å². The quantitative estimate of drug-likeness (QED) is 0.828. The molecule has 5 heteroatoms. The molecule has 1 aromatic carbocycles. The minimum absolute atomic E-state index is 0.113. The van der Waals surface area contributed by atoms with E-state index in [1.54, 1.807) is 0 Å². The van der Waals surface area contributed by atoms with Crippen molar-refractivity contribution in [1.29, 1.82) is 0 Å². The highest BCUT2D eigenvalue weighted by atomic mass is 16.5. The number of morpholine rings is 1. The molecule has 1 aliphatic heterocycles. The van der Waals surface area contributed by atoms with Gasteiger partial charge in [0.25, 0.3) is 0 Å². The minimum atomic E-state index is 0.113. The standard InChI is InChI=1S/C16H26N2O3/c1-3-18-7-8-20-14(11-18)12-21-15-6-5-13(10-17)9-16(15)19-4-2/h5-6,9,14H,3-4,7-8,10-12,17H2,1-2H3. The molecule has 1 aliphatic rings. The van der Waals surface area contributed by atoms with Crippen molar-refractivity contribution in [3.8, 4) is 11.5 Å². The molecule has 2 N–H and O–H groups in total. The number of likely N-dealkylation sites (N-methyl/N-ethyl adjacent to an activating group) is 1. The number of rotatable bonds is 7. The van der Waals surface area contributed by atoms with E-state index in [0.717, 1.165) is 43.3 Å². The Bertz CT molecular complexity index is 440. The second-order valence-corrected chi connectivity index (χ2v) is 5.12. The van der Waals surface area contributed by atoms with E-state index in [9.17, 15) is 0 Å². The van der Waals surface area contributed by atoms with Crippen LogP contribution in [0.4, 0.5) is 0 Å². The molecule has 118 valence electrons. The minimum Gasteiger partial charge on any atom is -0.490 e. The van der Waals surface area contributed by atoms with E-state index in [1.807, 2.05) is 25.1 Å². The molecule has 1 aromatic rings. The van der Waals surface area contributed by atoms with E-state index in [-0.39, 0.29) is 6.10 Å². The lowest BCUT2D eigenvalue weighted by atomic mass is 10.2. The third kappa shape index (κ3) is 4.59. The van der Waals surface area contributed by atoms with Crippen LogP contribution in [0.15, 0.2) is 18.2 Å². The molecule has 1 heterocycles. The van der Waals surface area contributed by atoms with Gasteiger partial charge in [0.15, 0.2) is 11.5 Å². The maximum atomic E-state index is 5.90. The number of nitrogens with zero attached hydrogens (tertiary/aromatic N) is 1. The summed E-state index contributed by atoms with van der Waals surface area (Å²) >= 11 is 0. The van der Waals surface area contributed by atoms with Crippen LogP contribution in [0.2, 0.25) is 0 Å². The second-order valence-electron chi connectivity index (χ2n) is 5.12. The summed E-state index contributed by atoms with van der Waals surface area (Å²) in [4.78, 5) is 2.37. The fourth-order valence-electron chi connectivity index (χ4n) is 2.42. The van der Waals surface area contributed by atoms with E-state index >= 15 is 0 Å². The molecule has 1 saturated heterocycles. The highest BCUT2D eigenvalue weighted by molar-refractivity contribution is 5.43. The van der Waals surface area contributed by atoms with Crippen molar-refractivity contribution in [3.05, 3.63) is 23.8 Å². The van der Waals surface area contributed by atoms with Gasteiger partial charge in [0.2, 0.25) is 0 Å². The zero-order valence-electron chi connectivity index (χ0n) is 13.0. The summed E-state index contributed by atoms with van der Waals surface area (Å²) in [5.74, 6) is 1.51. The third-order valence-corrected chi connectivity index (χ3v) is 3.64. The van der Waals surface area contributed by atoms with E-state index in [1.165, 1.54) is 0 Å². The van der Waals surface area contributed by atoms with Gasteiger partial charge in [-0.2, -0.15) is 0 Å². The van der Waals surface area contributed by atoms with Gasteiger partial charge < -0.3 is 19.9 Å². The van der Waals surface area contributed by atoms with Crippen LogP contribution in [0.25, 0.3) is 0 Å². The summed E-state index contributed by atoms with van der Waals surface area (Å²) < 4.78 is 17.3. The fourth-order valence-corrected chi connectivity index (χ4v) is 2.42. The Morgan fingerprint density at radius 3 is 2.86 bits per heavy atom. The van der Waals surface area contributed by atoms with Gasteiger partial charge in [0.05, 0.1) is 13.2 Å². The van der Waals surface area contributed by atoms with Crippen molar-refractivity contribution >= 4 is 0 Å². The number of benzene rings is 1. The predicted molar refractivity (Wildman–Crippen MR) is 82.9 cm³/mol. The summed E-state index contributed by atoms with van der Waals surface area (Å²) in [6, 6.07) is 5.84. The van der Waals surface area contributed by atoms with Crippen LogP contribution in [0.3, 0.4) is 0 Å². The van der Waals surface area contributed by atoms with Crippen LogP contribution in [-0.2, 0) is 11.3 Å². The monoisotopic (exact) mass is 294 g/mol. The summed E-state index contributed by atoms with van der Waals surface area (Å²) in [6.45, 7) is 9.51. The molecule has 21 heavy (non-hydrogen) atoms. The zero-order chi connectivity index (χ0) is 15.1. The third-order valence-electron chi connectivity index (χ3n) is 3.64. The maximum absolute atomic E-state index is 5.90. The van der Waals surface area contributed by atoms with Gasteiger partial charge >= 0.3 is 0 Å². The van der Waals surface area contributed by atoms with Gasteiger partial charge in [-0.25, -0.2) is 0 Å². The Labute approximate surface area is 127 Å². The van der Waals surface area contributed by atoms with Crippen LogP contribution in [0.5, 0.6) is 11.5 Å². The first kappa shape index (κ1) is 16.1. The lowest BCUT2D eigenvalue weighted by molar-refractivity contribution is -0.0467. The van der Waals surface area contributed by atoms with E-state index in [0.29, 0.717) is 19.8 Å². The SMILES string of the molecule is CCOc1cc(CN)ccc1OCC1CN(CC)CCO1. The average molecular weight is 294 g/mol. The topological polar surface area (TPSA) is 57.0 Å². The van der Waals surface area contributed by atoms with Crippen LogP contribution < -0.4 is 15.2 Å². The molecule has 0 spiro atoms. The highest BCUT2D eigenvalue weighted by Gasteiger charge is 2.20. The second kappa shape index (κ2) is 8.22. The number of hydrogen-bond donors (Lipinski definition) is 1. The molecule has 2 rings (SSSR count). The molecular weight excluding hydrogens is 268 g/mol. The molecule has 0 aliphatic carbocycles. The average Bonchev–Trinajstić information content (AvgIpc) is 2.54. The van der Waals surface area contributed by atoms with Crippen LogP contribution >= 0.6 is 0 Å². The smallest absolute Gasteiger partial charge is 0.161 e. The molecule has 1 unspecified atom stereocenters. The lowest BCUT2D eigenvalue weighted by Crippen LogP contribution is -2.44. The molecule has 0 aromatic heterocycles. The molecular formula is C16H26N2O3. The molecule has 5 nitrogen and oxygen atoms in total. The van der Waals surface area contributed by atoms with Gasteiger partial charge in [0, 0.05) is 19.6 Å². The van der Waals surface area contributed by atoms with Crippen molar-refractivity contribution in [2.24, 2.45) is 5.73 Å². The van der Waals surface area contributed by atoms with Crippen molar-refractivity contribution in [1.82, 2.24) is 4.90 Å². The highest BCUT2D eigenvalue weighted by Crippen LogP contribution is 2.28. The Hall–Kier alpha value is -1.30. The Kier molecular flexibility index (Phi) is 6.29. The van der Waals surface area contributed by atoms with Crippen LogP contribution in [0, 0.1) is 0 Å². The lowest BCUT2D eigenvalue weighted by Gasteiger charge is -2.32. The number of hydrogen-bond acceptors (Lipinski definition) is 5. The normalized spacial score (nSPS) is 19.5. The first-order valence-corrected chi connectivity index (χ1v) is 7.69. The van der Waals surface area contributed by atoms with E-state index in [4.69, 9.17) is 19.9 Å². The largest absolute Gasteiger partial charge is 0.490 e. The molecule has 0 saturated carbocycles. The van der Waals surface area contributed by atoms with Crippen molar-refractivity contribution in [3.63, 3.8) is 0 Å². The number of nitrogens with two attached hydrogens (primary N) is 1. The van der Waals surface area contributed by atoms with Gasteiger partial charge in [0.1, 0.15) is 12.7 Å². The van der Waals surface area contributed by atoms with E-state index < -0.39 is 0 Å². The Morgan fingerprint density at radius 2 is 2.14 bits per heavy atom. The van der Waals surface area contributed by atoms with E-state index in [2.05, 4.69) is 11.8 Å². The molecule has 0 radical (unpaired) electrons. The fraction of sp³-hybridized carbons (Fsp3) is 0.625. The Morgan fingerprint density at radius 1 is 1.29 bits per heavy atom. The van der Waals surface area contributed by atoms with Gasteiger partial charge in [-0.1, -0.05) is 13.0 Å². The van der Waals surface area contributed by atoms with Crippen molar-refractivity contribution in [2.75, 3.05) is 39.5 Å². The van der Waals surface area contributed by atoms with Crippen LogP contribution in [0.1, 0.15) is 19.4 Å². The summed E-state index contributed by atoms with van der Waals surface area (Å²) in [5, 5.41) is 0. The van der Waals surface area contributed by atoms with Crippen LogP contribution in [-0.4, -0.2) is 50.5 Å². The van der Waals surface area contributed by atoms with Gasteiger partial charge in [-0.3, -0.25) is 4.90 Å². The van der Waals surface area contributed by atoms with Crippen molar-refractivity contribution in [2.45, 2.75) is 26.5 Å². The summed E-state index contributed by atoms with van der Waals surface area (Å²) in [6.07, 6.45) is 0.113. The molecule has 0 bridgehead atoms. The van der Waals surface area contributed by atoms with Gasteiger partial charge in [-0.15, -0.1) is 0 Å². The Balaban J connectivity index is 1.95. The predicted octanol–water partition coefficient (Wildman–Crippen LogP) is 1.64. The summed E-state index contributed by atoms with van der Waals surface area (Å²) in [5.41, 5.74) is 6.70. The molecule has 1 atom stereocenters. The summed E-state index contributed by atoms with van der Waals surface area (Å²) in [7, 11) is 0. The van der Waals surface area contributed by atoms with Crippen molar-refractivity contribution < 1.29 is 14.2 Å². The zero-order valence-corrected chi connectivity index (χ0v) is 13.0. The maximum Gasteiger partial charge on any atom is 0.161 e. The molecule has 0 amide bonds.